The van der Waals surface area contributed by atoms with E-state index in [9.17, 15) is 10.1 Å². The molecule has 114 valence electrons. The average molecular weight is 329 g/mol. The van der Waals surface area contributed by atoms with Crippen molar-refractivity contribution in [1.82, 2.24) is 4.98 Å². The summed E-state index contributed by atoms with van der Waals surface area (Å²) in [6, 6.07) is 3.67. The second-order valence-corrected chi connectivity index (χ2v) is 6.53. The Labute approximate surface area is 135 Å². The van der Waals surface area contributed by atoms with Crippen LogP contribution in [0.15, 0.2) is 6.07 Å². The normalized spacial score (nSPS) is 12.6. The van der Waals surface area contributed by atoms with Crippen molar-refractivity contribution in [3.63, 3.8) is 0 Å². The maximum Gasteiger partial charge on any atom is 0.306 e. The first-order valence-electron chi connectivity index (χ1n) is 6.58. The Morgan fingerprint density at radius 3 is 2.57 bits per heavy atom. The highest BCUT2D eigenvalue weighted by Crippen LogP contribution is 2.31. The largest absolute Gasteiger partial charge is 0.460 e. The van der Waals surface area contributed by atoms with E-state index in [0.717, 1.165) is 0 Å². The smallest absolute Gasteiger partial charge is 0.306 e. The lowest BCUT2D eigenvalue weighted by atomic mass is 9.94. The Hall–Kier alpha value is -1.31. The number of ether oxygens (including phenoxy) is 1. The van der Waals surface area contributed by atoms with Gasteiger partial charge in [0.2, 0.25) is 0 Å². The summed E-state index contributed by atoms with van der Waals surface area (Å²) in [6.07, 6.45) is 0.475. The quantitative estimate of drug-likeness (QED) is 0.606. The van der Waals surface area contributed by atoms with Gasteiger partial charge >= 0.3 is 5.97 Å². The number of aromatic nitrogens is 1. The summed E-state index contributed by atoms with van der Waals surface area (Å²) in [5.41, 5.74) is 0.685. The van der Waals surface area contributed by atoms with Crippen LogP contribution >= 0.6 is 23.2 Å². The Morgan fingerprint density at radius 2 is 2.10 bits per heavy atom. The number of pyridine rings is 1. The van der Waals surface area contributed by atoms with Crippen molar-refractivity contribution < 1.29 is 9.53 Å². The molecule has 0 radical (unpaired) electrons. The van der Waals surface area contributed by atoms with Gasteiger partial charge in [0, 0.05) is 22.7 Å². The van der Waals surface area contributed by atoms with E-state index in [-0.39, 0.29) is 17.5 Å². The molecule has 0 spiro atoms. The van der Waals surface area contributed by atoms with E-state index in [1.165, 1.54) is 6.07 Å². The van der Waals surface area contributed by atoms with Crippen LogP contribution in [0.4, 0.5) is 0 Å². The number of carbonyl (C=O) groups is 1. The first kappa shape index (κ1) is 17.7. The first-order valence-corrected chi connectivity index (χ1v) is 7.33. The molecule has 0 saturated carbocycles. The van der Waals surface area contributed by atoms with Crippen molar-refractivity contribution in [3.8, 4) is 6.07 Å². The van der Waals surface area contributed by atoms with Crippen LogP contribution in [0.25, 0.3) is 0 Å². The minimum absolute atomic E-state index is 0.147. The first-order chi connectivity index (χ1) is 9.64. The maximum absolute atomic E-state index is 11.7. The van der Waals surface area contributed by atoms with Crippen molar-refractivity contribution >= 4 is 29.2 Å². The standard InChI is InChI=1S/C15H18Cl2N2O2/c1-9-14(11(16)7-12(17)19-9)10(8-18)5-6-13(20)21-15(2,3)4/h7,10H,5-6H2,1-4H3. The van der Waals surface area contributed by atoms with Crippen molar-refractivity contribution in [2.24, 2.45) is 0 Å². The Kier molecular flexibility index (Phi) is 6.00. The highest BCUT2D eigenvalue weighted by Gasteiger charge is 2.22. The van der Waals surface area contributed by atoms with Gasteiger partial charge in [0.25, 0.3) is 0 Å². The van der Waals surface area contributed by atoms with E-state index in [4.69, 9.17) is 27.9 Å². The zero-order valence-corrected chi connectivity index (χ0v) is 14.0. The molecule has 0 bridgehead atoms. The SMILES string of the molecule is Cc1nc(Cl)cc(Cl)c1C(C#N)CCC(=O)OC(C)(C)C. The highest BCUT2D eigenvalue weighted by molar-refractivity contribution is 6.34. The van der Waals surface area contributed by atoms with Crippen LogP contribution in [0.5, 0.6) is 0 Å². The molecular weight excluding hydrogens is 311 g/mol. The predicted octanol–water partition coefficient (Wildman–Crippen LogP) is 4.43. The van der Waals surface area contributed by atoms with Crippen LogP contribution in [0.3, 0.4) is 0 Å². The number of nitriles is 1. The molecule has 1 unspecified atom stereocenters. The molecule has 6 heteroatoms. The molecule has 1 heterocycles. The molecule has 1 atom stereocenters. The van der Waals surface area contributed by atoms with Crippen LogP contribution in [0, 0.1) is 18.3 Å². The van der Waals surface area contributed by atoms with Crippen LogP contribution < -0.4 is 0 Å². The summed E-state index contributed by atoms with van der Waals surface area (Å²) in [6.45, 7) is 7.15. The zero-order valence-electron chi connectivity index (χ0n) is 12.5. The number of nitrogens with zero attached hydrogens (tertiary/aromatic N) is 2. The fourth-order valence-electron chi connectivity index (χ4n) is 1.95. The van der Waals surface area contributed by atoms with E-state index in [1.54, 1.807) is 27.7 Å². The van der Waals surface area contributed by atoms with Gasteiger partial charge in [-0.25, -0.2) is 4.98 Å². The fourth-order valence-corrected chi connectivity index (χ4v) is 2.62. The number of hydrogen-bond donors (Lipinski definition) is 0. The molecule has 1 aromatic heterocycles. The number of esters is 1. The third kappa shape index (κ3) is 5.53. The number of hydrogen-bond acceptors (Lipinski definition) is 4. The monoisotopic (exact) mass is 328 g/mol. The lowest BCUT2D eigenvalue weighted by molar-refractivity contribution is -0.154. The van der Waals surface area contributed by atoms with E-state index in [1.807, 2.05) is 0 Å². The summed E-state index contributed by atoms with van der Waals surface area (Å²) in [5.74, 6) is -0.853. The van der Waals surface area contributed by atoms with Gasteiger partial charge < -0.3 is 4.74 Å². The molecular formula is C15H18Cl2N2O2. The summed E-state index contributed by atoms with van der Waals surface area (Å²) < 4.78 is 5.23. The summed E-state index contributed by atoms with van der Waals surface area (Å²) >= 11 is 12.0. The summed E-state index contributed by atoms with van der Waals surface area (Å²) in [4.78, 5) is 15.8. The number of carbonyl (C=O) groups excluding carboxylic acids is 1. The molecule has 1 rings (SSSR count). The molecule has 0 aliphatic rings. The van der Waals surface area contributed by atoms with Gasteiger partial charge in [0.15, 0.2) is 0 Å². The van der Waals surface area contributed by atoms with Crippen molar-refractivity contribution in [3.05, 3.63) is 27.5 Å². The third-order valence-electron chi connectivity index (χ3n) is 2.73. The zero-order chi connectivity index (χ0) is 16.2. The van der Waals surface area contributed by atoms with Gasteiger partial charge in [-0.2, -0.15) is 5.26 Å². The Balaban J connectivity index is 2.82. The van der Waals surface area contributed by atoms with E-state index < -0.39 is 11.5 Å². The molecule has 0 aliphatic carbocycles. The lowest BCUT2D eigenvalue weighted by Crippen LogP contribution is -2.24. The predicted molar refractivity (Wildman–Crippen MR) is 82.4 cm³/mol. The number of aryl methyl sites for hydroxylation is 1. The molecule has 0 saturated heterocycles. The molecule has 0 amide bonds. The highest BCUT2D eigenvalue weighted by atomic mass is 35.5. The topological polar surface area (TPSA) is 63.0 Å². The van der Waals surface area contributed by atoms with E-state index in [2.05, 4.69) is 11.1 Å². The third-order valence-corrected chi connectivity index (χ3v) is 3.24. The van der Waals surface area contributed by atoms with Gasteiger partial charge in [-0.3, -0.25) is 4.79 Å². The molecule has 0 N–H and O–H groups in total. The van der Waals surface area contributed by atoms with Gasteiger partial charge in [0.1, 0.15) is 10.8 Å². The molecule has 0 aliphatic heterocycles. The van der Waals surface area contributed by atoms with Crippen molar-refractivity contribution in [2.45, 2.75) is 52.1 Å². The number of rotatable bonds is 4. The van der Waals surface area contributed by atoms with Crippen LogP contribution in [0.2, 0.25) is 10.2 Å². The van der Waals surface area contributed by atoms with Crippen LogP contribution in [-0.4, -0.2) is 16.6 Å². The van der Waals surface area contributed by atoms with Gasteiger partial charge in [-0.15, -0.1) is 0 Å². The van der Waals surface area contributed by atoms with Crippen LogP contribution in [-0.2, 0) is 9.53 Å². The Bertz CT molecular complexity index is 551. The summed E-state index contributed by atoms with van der Waals surface area (Å²) in [5, 5.41) is 10.00. The minimum Gasteiger partial charge on any atom is -0.460 e. The molecule has 0 aromatic carbocycles. The van der Waals surface area contributed by atoms with Gasteiger partial charge in [0.05, 0.1) is 12.0 Å². The molecule has 0 fully saturated rings. The molecule has 21 heavy (non-hydrogen) atoms. The number of halogens is 2. The fraction of sp³-hybridized carbons (Fsp3) is 0.533. The van der Waals surface area contributed by atoms with Crippen molar-refractivity contribution in [1.29, 1.82) is 5.26 Å². The minimum atomic E-state index is -0.533. The van der Waals surface area contributed by atoms with Gasteiger partial charge in [-0.1, -0.05) is 23.2 Å². The van der Waals surface area contributed by atoms with E-state index in [0.29, 0.717) is 22.7 Å². The average Bonchev–Trinajstić information content (AvgIpc) is 2.29. The van der Waals surface area contributed by atoms with Gasteiger partial charge in [-0.05, 0) is 40.2 Å². The molecule has 1 aromatic rings. The summed E-state index contributed by atoms with van der Waals surface area (Å²) in [7, 11) is 0. The van der Waals surface area contributed by atoms with Crippen molar-refractivity contribution in [2.75, 3.05) is 0 Å². The molecule has 4 nitrogen and oxygen atoms in total. The lowest BCUT2D eigenvalue weighted by Gasteiger charge is -2.20. The second kappa shape index (κ2) is 7.11. The van der Waals surface area contributed by atoms with E-state index >= 15 is 0 Å². The Morgan fingerprint density at radius 1 is 1.48 bits per heavy atom. The maximum atomic E-state index is 11.7. The second-order valence-electron chi connectivity index (χ2n) is 5.73. The van der Waals surface area contributed by atoms with Crippen LogP contribution in [0.1, 0.15) is 50.8 Å².